The second-order valence-electron chi connectivity index (χ2n) is 4.52. The molecule has 86 valence electrons. The second kappa shape index (κ2) is 4.11. The van der Waals surface area contributed by atoms with Gasteiger partial charge in [0.2, 0.25) is 10.0 Å². The van der Waals surface area contributed by atoms with Crippen LogP contribution in [-0.2, 0) is 10.0 Å². The summed E-state index contributed by atoms with van der Waals surface area (Å²) in [7, 11) is -3.06. The van der Waals surface area contributed by atoms with E-state index in [2.05, 4.69) is 6.07 Å². The third kappa shape index (κ3) is 2.16. The molecule has 5 heteroatoms. The molecule has 0 bridgehead atoms. The van der Waals surface area contributed by atoms with Crippen molar-refractivity contribution in [2.24, 2.45) is 11.3 Å². The second-order valence-corrected chi connectivity index (χ2v) is 6.78. The largest absolute Gasteiger partial charge is 0.213 e. The first-order valence-corrected chi connectivity index (χ1v) is 6.83. The van der Waals surface area contributed by atoms with Crippen LogP contribution >= 0.6 is 0 Å². The van der Waals surface area contributed by atoms with Gasteiger partial charge >= 0.3 is 0 Å². The summed E-state index contributed by atoms with van der Waals surface area (Å²) in [5, 5.41) is 8.74. The van der Waals surface area contributed by atoms with Gasteiger partial charge in [-0.15, -0.1) is 0 Å². The van der Waals surface area contributed by atoms with Crippen molar-refractivity contribution < 1.29 is 8.42 Å². The van der Waals surface area contributed by atoms with Gasteiger partial charge in [-0.1, -0.05) is 13.8 Å². The van der Waals surface area contributed by atoms with Crippen LogP contribution in [-0.4, -0.2) is 31.6 Å². The molecule has 0 aromatic carbocycles. The fourth-order valence-electron chi connectivity index (χ4n) is 1.87. The van der Waals surface area contributed by atoms with Crippen molar-refractivity contribution in [3.05, 3.63) is 0 Å². The zero-order valence-electron chi connectivity index (χ0n) is 9.52. The van der Waals surface area contributed by atoms with Gasteiger partial charge in [-0.2, -0.15) is 5.26 Å². The van der Waals surface area contributed by atoms with Crippen molar-refractivity contribution in [2.75, 3.05) is 18.8 Å². The summed E-state index contributed by atoms with van der Waals surface area (Å²) in [6, 6.07) is 2.16. The fraction of sp³-hybridized carbons (Fsp3) is 0.900. The van der Waals surface area contributed by atoms with Crippen LogP contribution in [0.25, 0.3) is 0 Å². The van der Waals surface area contributed by atoms with Gasteiger partial charge in [-0.3, -0.25) is 0 Å². The fourth-order valence-corrected chi connectivity index (χ4v) is 3.15. The van der Waals surface area contributed by atoms with Gasteiger partial charge in [-0.05, 0) is 12.8 Å². The van der Waals surface area contributed by atoms with E-state index in [1.165, 1.54) is 4.31 Å². The van der Waals surface area contributed by atoms with Gasteiger partial charge in [0.25, 0.3) is 0 Å². The standard InChI is InChI=1S/C10H18N2O2S/c1-4-15(13,14)12-7-10(8-12,5-6-11)9(2)3/h9H,4-5,7-8H2,1-3H3. The number of sulfonamides is 1. The smallest absolute Gasteiger partial charge is 0.212 e. The molecule has 1 aliphatic rings. The number of hydrogen-bond acceptors (Lipinski definition) is 3. The molecule has 0 radical (unpaired) electrons. The van der Waals surface area contributed by atoms with Crippen LogP contribution in [0.1, 0.15) is 27.2 Å². The lowest BCUT2D eigenvalue weighted by Gasteiger charge is -2.50. The highest BCUT2D eigenvalue weighted by molar-refractivity contribution is 7.89. The molecule has 0 aliphatic carbocycles. The summed E-state index contributed by atoms with van der Waals surface area (Å²) in [6.45, 7) is 6.76. The highest BCUT2D eigenvalue weighted by atomic mass is 32.2. The van der Waals surface area contributed by atoms with Crippen LogP contribution in [0.5, 0.6) is 0 Å². The molecule has 15 heavy (non-hydrogen) atoms. The Labute approximate surface area is 91.9 Å². The summed E-state index contributed by atoms with van der Waals surface area (Å²) >= 11 is 0. The molecule has 0 saturated carbocycles. The third-order valence-electron chi connectivity index (χ3n) is 3.40. The molecule has 0 aromatic heterocycles. The molecule has 0 amide bonds. The average molecular weight is 230 g/mol. The minimum absolute atomic E-state index is 0.114. The highest BCUT2D eigenvalue weighted by Gasteiger charge is 2.49. The van der Waals surface area contributed by atoms with E-state index in [1.54, 1.807) is 6.92 Å². The summed E-state index contributed by atoms with van der Waals surface area (Å²) in [4.78, 5) is 0. The van der Waals surface area contributed by atoms with Crippen molar-refractivity contribution in [3.63, 3.8) is 0 Å². The van der Waals surface area contributed by atoms with E-state index in [0.29, 0.717) is 25.4 Å². The van der Waals surface area contributed by atoms with E-state index in [9.17, 15) is 8.42 Å². The summed E-state index contributed by atoms with van der Waals surface area (Å²) in [5.74, 6) is 0.494. The normalized spacial score (nSPS) is 21.0. The molecule has 1 aliphatic heterocycles. The lowest BCUT2D eigenvalue weighted by atomic mass is 9.70. The summed E-state index contributed by atoms with van der Waals surface area (Å²) < 4.78 is 24.6. The minimum Gasteiger partial charge on any atom is -0.212 e. The van der Waals surface area contributed by atoms with Crippen molar-refractivity contribution >= 4 is 10.0 Å². The molecular weight excluding hydrogens is 212 g/mol. The number of nitrogens with zero attached hydrogens (tertiary/aromatic N) is 2. The highest BCUT2D eigenvalue weighted by Crippen LogP contribution is 2.42. The maximum Gasteiger partial charge on any atom is 0.213 e. The molecule has 0 spiro atoms. The zero-order valence-corrected chi connectivity index (χ0v) is 10.3. The average Bonchev–Trinajstić information content (AvgIpc) is 2.09. The van der Waals surface area contributed by atoms with Crippen LogP contribution in [0.2, 0.25) is 0 Å². The topological polar surface area (TPSA) is 61.2 Å². The van der Waals surface area contributed by atoms with Crippen molar-refractivity contribution in [1.82, 2.24) is 4.31 Å². The molecule has 4 nitrogen and oxygen atoms in total. The SMILES string of the molecule is CCS(=O)(=O)N1CC(CC#N)(C(C)C)C1. The molecule has 1 fully saturated rings. The third-order valence-corrected chi connectivity index (χ3v) is 5.17. The van der Waals surface area contributed by atoms with E-state index in [4.69, 9.17) is 5.26 Å². The van der Waals surface area contributed by atoms with Crippen LogP contribution in [0.3, 0.4) is 0 Å². The lowest BCUT2D eigenvalue weighted by Crippen LogP contribution is -2.60. The Hall–Kier alpha value is -0.600. The Morgan fingerprint density at radius 3 is 2.33 bits per heavy atom. The van der Waals surface area contributed by atoms with E-state index in [1.807, 2.05) is 13.8 Å². The minimum atomic E-state index is -3.06. The maximum atomic E-state index is 11.5. The van der Waals surface area contributed by atoms with Gasteiger partial charge in [0.05, 0.1) is 11.8 Å². The summed E-state index contributed by atoms with van der Waals surface area (Å²) in [5.41, 5.74) is -0.114. The number of hydrogen-bond donors (Lipinski definition) is 0. The Bertz CT molecular complexity index is 361. The van der Waals surface area contributed by atoms with Crippen LogP contribution in [0, 0.1) is 22.7 Å². The zero-order chi connectivity index (χ0) is 11.7. The molecule has 0 N–H and O–H groups in total. The van der Waals surface area contributed by atoms with Crippen LogP contribution in [0.4, 0.5) is 0 Å². The van der Waals surface area contributed by atoms with E-state index in [-0.39, 0.29) is 11.2 Å². The quantitative estimate of drug-likeness (QED) is 0.729. The van der Waals surface area contributed by atoms with E-state index in [0.717, 1.165) is 0 Å². The summed E-state index contributed by atoms with van der Waals surface area (Å²) in [6.07, 6.45) is 0.445. The van der Waals surface area contributed by atoms with Gasteiger partial charge in [0.1, 0.15) is 0 Å². The van der Waals surface area contributed by atoms with Crippen molar-refractivity contribution in [3.8, 4) is 6.07 Å². The predicted octanol–water partition coefficient (Wildman–Crippen LogP) is 1.21. The molecule has 0 unspecified atom stereocenters. The van der Waals surface area contributed by atoms with Crippen molar-refractivity contribution in [2.45, 2.75) is 27.2 Å². The molecule has 1 saturated heterocycles. The van der Waals surface area contributed by atoms with Gasteiger partial charge in [0.15, 0.2) is 0 Å². The predicted molar refractivity (Wildman–Crippen MR) is 58.5 cm³/mol. The van der Waals surface area contributed by atoms with Crippen molar-refractivity contribution in [1.29, 1.82) is 5.26 Å². The first-order chi connectivity index (χ1) is 6.88. The number of nitriles is 1. The Balaban J connectivity index is 2.72. The monoisotopic (exact) mass is 230 g/mol. The van der Waals surface area contributed by atoms with E-state index < -0.39 is 10.0 Å². The van der Waals surface area contributed by atoms with Crippen LogP contribution in [0.15, 0.2) is 0 Å². The maximum absolute atomic E-state index is 11.5. The lowest BCUT2D eigenvalue weighted by molar-refractivity contribution is 0.0266. The number of rotatable bonds is 4. The Morgan fingerprint density at radius 2 is 2.00 bits per heavy atom. The van der Waals surface area contributed by atoms with Gasteiger partial charge in [-0.25, -0.2) is 12.7 Å². The Morgan fingerprint density at radius 1 is 1.47 bits per heavy atom. The van der Waals surface area contributed by atoms with E-state index >= 15 is 0 Å². The van der Waals surface area contributed by atoms with Gasteiger partial charge < -0.3 is 0 Å². The van der Waals surface area contributed by atoms with Crippen LogP contribution < -0.4 is 0 Å². The molecule has 1 heterocycles. The molecule has 0 aromatic rings. The first kappa shape index (κ1) is 12.5. The molecular formula is C10H18N2O2S. The Kier molecular flexibility index (Phi) is 3.41. The molecule has 0 atom stereocenters. The molecule has 1 rings (SSSR count). The first-order valence-electron chi connectivity index (χ1n) is 5.23. The van der Waals surface area contributed by atoms with Gasteiger partial charge in [0, 0.05) is 24.9 Å².